The van der Waals surface area contributed by atoms with Crippen molar-refractivity contribution in [2.45, 2.75) is 18.2 Å². The zero-order chi connectivity index (χ0) is 23.8. The molecule has 0 bridgehead atoms. The highest BCUT2D eigenvalue weighted by molar-refractivity contribution is 8.13. The maximum Gasteiger partial charge on any atom is 0.348 e. The number of carbonyl (C=O) groups is 1. The van der Waals surface area contributed by atoms with Crippen LogP contribution in [0.15, 0.2) is 107 Å². The molecule has 0 unspecified atom stereocenters. The molecule has 4 aromatic rings. The lowest BCUT2D eigenvalue weighted by Gasteiger charge is -2.32. The second kappa shape index (κ2) is 11.2. The van der Waals surface area contributed by atoms with Crippen molar-refractivity contribution in [2.24, 2.45) is 10.7 Å². The Kier molecular flexibility index (Phi) is 7.83. The quantitative estimate of drug-likeness (QED) is 0.134. The van der Waals surface area contributed by atoms with E-state index in [1.165, 1.54) is 23.1 Å². The van der Waals surface area contributed by atoms with Crippen LogP contribution in [0.1, 0.15) is 38.8 Å². The van der Waals surface area contributed by atoms with Gasteiger partial charge < -0.3 is 10.5 Å². The number of hydrogen-bond acceptors (Lipinski definition) is 5. The first-order chi connectivity index (χ1) is 16.6. The Labute approximate surface area is 208 Å². The third kappa shape index (κ3) is 5.08. The predicted molar refractivity (Wildman–Crippen MR) is 142 cm³/mol. The molecule has 172 valence electrons. The fraction of sp³-hybridized carbons (Fsp3) is 0.143. The van der Waals surface area contributed by atoms with Gasteiger partial charge in [-0.3, -0.25) is 0 Å². The van der Waals surface area contributed by atoms with Crippen LogP contribution in [0.25, 0.3) is 0 Å². The molecule has 0 saturated heterocycles. The molecule has 34 heavy (non-hydrogen) atoms. The first-order valence-electron chi connectivity index (χ1n) is 11.0. The molecule has 3 aromatic carbocycles. The predicted octanol–water partition coefficient (Wildman–Crippen LogP) is 6.46. The van der Waals surface area contributed by atoms with Gasteiger partial charge in [0.1, 0.15) is 10.4 Å². The molecular formula is C28H26N2O2S2. The molecule has 1 heterocycles. The van der Waals surface area contributed by atoms with E-state index in [2.05, 4.69) is 36.4 Å². The summed E-state index contributed by atoms with van der Waals surface area (Å²) in [5.74, 6) is 0.234. The third-order valence-electron chi connectivity index (χ3n) is 5.44. The van der Waals surface area contributed by atoms with Crippen LogP contribution in [0.4, 0.5) is 0 Å². The number of hydrogen-bond donors (Lipinski definition) is 1. The largest absolute Gasteiger partial charge is 0.462 e. The van der Waals surface area contributed by atoms with Crippen molar-refractivity contribution in [1.29, 1.82) is 0 Å². The first kappa shape index (κ1) is 23.8. The molecule has 4 nitrogen and oxygen atoms in total. The molecular weight excluding hydrogens is 460 g/mol. The number of thioether (sulfide) groups is 1. The second-order valence-electron chi connectivity index (χ2n) is 7.54. The normalized spacial score (nSPS) is 11.9. The standard InChI is InChI=1S/C28H26N2O2S2/c1-2-32-26(31)25-21(18-19-33-25)20-34-27(29)30-28(22-12-6-3-7-13-22,23-14-8-4-9-15-23)24-16-10-5-11-17-24/h3-19H,2,20H2,1H3,(H2,29,30). The Morgan fingerprint density at radius 3 is 1.85 bits per heavy atom. The number of nitrogens with zero attached hydrogens (tertiary/aromatic N) is 1. The van der Waals surface area contributed by atoms with Gasteiger partial charge in [0.05, 0.1) is 6.61 Å². The fourth-order valence-corrected chi connectivity index (χ4v) is 5.56. The van der Waals surface area contributed by atoms with E-state index in [1.54, 1.807) is 6.92 Å². The molecule has 0 aliphatic heterocycles. The van der Waals surface area contributed by atoms with Crippen molar-refractivity contribution in [3.8, 4) is 0 Å². The molecule has 0 aliphatic rings. The summed E-state index contributed by atoms with van der Waals surface area (Å²) < 4.78 is 5.19. The van der Waals surface area contributed by atoms with Gasteiger partial charge in [0.2, 0.25) is 0 Å². The van der Waals surface area contributed by atoms with E-state index >= 15 is 0 Å². The van der Waals surface area contributed by atoms with Crippen LogP contribution >= 0.6 is 23.1 Å². The Bertz CT molecular complexity index is 1140. The average Bonchev–Trinajstić information content (AvgIpc) is 3.37. The van der Waals surface area contributed by atoms with Gasteiger partial charge >= 0.3 is 5.97 Å². The van der Waals surface area contributed by atoms with E-state index in [1.807, 2.05) is 66.0 Å². The number of thiophene rings is 1. The maximum absolute atomic E-state index is 12.3. The molecule has 0 atom stereocenters. The van der Waals surface area contributed by atoms with Crippen molar-refractivity contribution in [3.63, 3.8) is 0 Å². The number of benzene rings is 3. The van der Waals surface area contributed by atoms with Gasteiger partial charge in [0.25, 0.3) is 0 Å². The highest BCUT2D eigenvalue weighted by Crippen LogP contribution is 2.41. The number of carbonyl (C=O) groups excluding carboxylic acids is 1. The molecule has 6 heteroatoms. The number of esters is 1. The summed E-state index contributed by atoms with van der Waals surface area (Å²) in [5, 5.41) is 2.34. The molecule has 0 fully saturated rings. The molecule has 0 amide bonds. The van der Waals surface area contributed by atoms with Gasteiger partial charge in [-0.05, 0) is 40.6 Å². The average molecular weight is 487 g/mol. The van der Waals surface area contributed by atoms with Gasteiger partial charge in [-0.15, -0.1) is 11.3 Å². The Morgan fingerprint density at radius 2 is 1.38 bits per heavy atom. The molecule has 4 rings (SSSR count). The van der Waals surface area contributed by atoms with Crippen LogP contribution < -0.4 is 5.73 Å². The second-order valence-corrected chi connectivity index (χ2v) is 9.45. The van der Waals surface area contributed by atoms with Gasteiger partial charge in [0.15, 0.2) is 5.17 Å². The van der Waals surface area contributed by atoms with Crippen LogP contribution in [0.3, 0.4) is 0 Å². The van der Waals surface area contributed by atoms with Crippen LogP contribution in [0.2, 0.25) is 0 Å². The smallest absolute Gasteiger partial charge is 0.348 e. The number of ether oxygens (including phenoxy) is 1. The number of amidine groups is 1. The Morgan fingerprint density at radius 1 is 0.882 bits per heavy atom. The van der Waals surface area contributed by atoms with Gasteiger partial charge in [-0.25, -0.2) is 9.79 Å². The highest BCUT2D eigenvalue weighted by atomic mass is 32.2. The lowest BCUT2D eigenvalue weighted by molar-refractivity contribution is 0.0531. The van der Waals surface area contributed by atoms with E-state index in [-0.39, 0.29) is 5.97 Å². The SMILES string of the molecule is CCOC(=O)c1sccc1CSC(N)=NC(c1ccccc1)(c1ccccc1)c1ccccc1. The molecule has 0 aliphatic carbocycles. The van der Waals surface area contributed by atoms with Crippen molar-refractivity contribution >= 4 is 34.2 Å². The minimum absolute atomic E-state index is 0.296. The molecule has 2 N–H and O–H groups in total. The molecule has 0 spiro atoms. The van der Waals surface area contributed by atoms with Crippen LogP contribution in [0.5, 0.6) is 0 Å². The monoisotopic (exact) mass is 486 g/mol. The lowest BCUT2D eigenvalue weighted by Crippen LogP contribution is -2.30. The topological polar surface area (TPSA) is 64.7 Å². The minimum atomic E-state index is -0.806. The minimum Gasteiger partial charge on any atom is -0.462 e. The highest BCUT2D eigenvalue weighted by Gasteiger charge is 2.36. The summed E-state index contributed by atoms with van der Waals surface area (Å²) in [6.07, 6.45) is 0. The summed E-state index contributed by atoms with van der Waals surface area (Å²) in [4.78, 5) is 18.1. The van der Waals surface area contributed by atoms with Crippen LogP contribution in [-0.4, -0.2) is 17.7 Å². The van der Waals surface area contributed by atoms with Crippen molar-refractivity contribution in [2.75, 3.05) is 6.61 Å². The maximum atomic E-state index is 12.3. The van der Waals surface area contributed by atoms with E-state index < -0.39 is 5.54 Å². The zero-order valence-electron chi connectivity index (χ0n) is 18.9. The van der Waals surface area contributed by atoms with E-state index in [9.17, 15) is 4.79 Å². The summed E-state index contributed by atoms with van der Waals surface area (Å²) in [7, 11) is 0. The van der Waals surface area contributed by atoms with Crippen molar-refractivity contribution in [1.82, 2.24) is 0 Å². The number of aliphatic imine (C=N–C) groups is 1. The van der Waals surface area contributed by atoms with E-state index in [0.29, 0.717) is 22.4 Å². The van der Waals surface area contributed by atoms with Crippen molar-refractivity contribution in [3.05, 3.63) is 130 Å². The van der Waals surface area contributed by atoms with Gasteiger partial charge in [-0.1, -0.05) is 103 Å². The van der Waals surface area contributed by atoms with E-state index in [4.69, 9.17) is 15.5 Å². The van der Waals surface area contributed by atoms with Gasteiger partial charge in [-0.2, -0.15) is 0 Å². The number of nitrogens with two attached hydrogens (primary N) is 1. The van der Waals surface area contributed by atoms with E-state index in [0.717, 1.165) is 22.3 Å². The van der Waals surface area contributed by atoms with Crippen molar-refractivity contribution < 1.29 is 9.53 Å². The Balaban J connectivity index is 1.76. The summed E-state index contributed by atoms with van der Waals surface area (Å²) in [5.41, 5.74) is 9.75. The number of rotatable bonds is 8. The molecule has 0 saturated carbocycles. The lowest BCUT2D eigenvalue weighted by atomic mass is 9.77. The van der Waals surface area contributed by atoms with Gasteiger partial charge in [0, 0.05) is 5.75 Å². The Hall–Kier alpha value is -3.35. The third-order valence-corrected chi connectivity index (χ3v) is 7.21. The molecule has 1 aromatic heterocycles. The first-order valence-corrected chi connectivity index (χ1v) is 12.9. The van der Waals surface area contributed by atoms with Crippen LogP contribution in [0, 0.1) is 0 Å². The summed E-state index contributed by atoms with van der Waals surface area (Å²) in [6, 6.07) is 32.6. The summed E-state index contributed by atoms with van der Waals surface area (Å²) in [6.45, 7) is 2.15. The van der Waals surface area contributed by atoms with Crippen LogP contribution in [-0.2, 0) is 16.0 Å². The molecule has 0 radical (unpaired) electrons. The fourth-order valence-electron chi connectivity index (χ4n) is 3.91. The summed E-state index contributed by atoms with van der Waals surface area (Å²) >= 11 is 2.81. The zero-order valence-corrected chi connectivity index (χ0v) is 20.5.